The van der Waals surface area contributed by atoms with E-state index in [4.69, 9.17) is 0 Å². The zero-order valence-electron chi connectivity index (χ0n) is 17.9. The third kappa shape index (κ3) is 5.11. The van der Waals surface area contributed by atoms with Crippen LogP contribution in [0.4, 0.5) is 17.1 Å². The number of hydrogen-bond acceptors (Lipinski definition) is 4. The Hall–Kier alpha value is -3.19. The SMILES string of the molecule is CC(=O)c1ccc(N2CC[NH+](CC(=O)Nc3ccc(N4CCCC4=O)cc3)CC2)cc1. The van der Waals surface area contributed by atoms with E-state index in [2.05, 4.69) is 10.2 Å². The number of nitrogens with one attached hydrogen (secondary N) is 2. The number of carbonyl (C=O) groups excluding carboxylic acids is 3. The molecule has 0 radical (unpaired) electrons. The van der Waals surface area contributed by atoms with Crippen molar-refractivity contribution < 1.29 is 19.3 Å². The van der Waals surface area contributed by atoms with Crippen LogP contribution in [0, 0.1) is 0 Å². The van der Waals surface area contributed by atoms with E-state index >= 15 is 0 Å². The van der Waals surface area contributed by atoms with E-state index in [0.717, 1.165) is 61.8 Å². The lowest BCUT2D eigenvalue weighted by Crippen LogP contribution is -3.15. The van der Waals surface area contributed by atoms with E-state index in [-0.39, 0.29) is 17.6 Å². The van der Waals surface area contributed by atoms with E-state index in [1.807, 2.05) is 48.5 Å². The fourth-order valence-corrected chi connectivity index (χ4v) is 4.24. The van der Waals surface area contributed by atoms with Crippen molar-refractivity contribution in [1.82, 2.24) is 0 Å². The first kappa shape index (κ1) is 21.1. The zero-order chi connectivity index (χ0) is 21.8. The van der Waals surface area contributed by atoms with Gasteiger partial charge in [-0.25, -0.2) is 0 Å². The van der Waals surface area contributed by atoms with E-state index in [1.54, 1.807) is 11.8 Å². The monoisotopic (exact) mass is 421 g/mol. The van der Waals surface area contributed by atoms with Crippen LogP contribution in [0.2, 0.25) is 0 Å². The fourth-order valence-electron chi connectivity index (χ4n) is 4.24. The maximum atomic E-state index is 12.5. The Morgan fingerprint density at radius 2 is 1.58 bits per heavy atom. The van der Waals surface area contributed by atoms with Crippen LogP contribution in [0.1, 0.15) is 30.1 Å². The van der Waals surface area contributed by atoms with Gasteiger partial charge >= 0.3 is 0 Å². The number of hydrogen-bond donors (Lipinski definition) is 2. The molecule has 0 spiro atoms. The molecule has 2 aromatic carbocycles. The lowest BCUT2D eigenvalue weighted by atomic mass is 10.1. The number of ketones is 1. The number of carbonyl (C=O) groups is 3. The first-order chi connectivity index (χ1) is 15.0. The summed E-state index contributed by atoms with van der Waals surface area (Å²) in [6.45, 7) is 6.30. The number of rotatable bonds is 6. The summed E-state index contributed by atoms with van der Waals surface area (Å²) in [5, 5.41) is 2.97. The fraction of sp³-hybridized carbons (Fsp3) is 0.375. The summed E-state index contributed by atoms with van der Waals surface area (Å²) in [7, 11) is 0. The molecule has 4 rings (SSSR count). The molecule has 2 heterocycles. The van der Waals surface area contributed by atoms with Gasteiger partial charge in [0.15, 0.2) is 12.3 Å². The van der Waals surface area contributed by atoms with Crippen LogP contribution in [-0.2, 0) is 9.59 Å². The van der Waals surface area contributed by atoms with Crippen molar-refractivity contribution in [2.45, 2.75) is 19.8 Å². The number of quaternary nitrogens is 1. The summed E-state index contributed by atoms with van der Waals surface area (Å²) in [5.41, 5.74) is 3.48. The molecule has 0 aliphatic carbocycles. The Labute approximate surface area is 182 Å². The average Bonchev–Trinajstić information content (AvgIpc) is 3.21. The molecule has 2 amide bonds. The largest absolute Gasteiger partial charge is 0.360 e. The number of benzene rings is 2. The van der Waals surface area contributed by atoms with Crippen LogP contribution >= 0.6 is 0 Å². The molecule has 162 valence electrons. The molecule has 0 saturated carbocycles. The summed E-state index contributed by atoms with van der Waals surface area (Å²) in [4.78, 5) is 41.1. The van der Waals surface area contributed by atoms with Gasteiger partial charge in [0, 0.05) is 35.6 Å². The van der Waals surface area contributed by atoms with Crippen LogP contribution in [0.3, 0.4) is 0 Å². The first-order valence-corrected chi connectivity index (χ1v) is 10.9. The van der Waals surface area contributed by atoms with Gasteiger partial charge in [0.05, 0.1) is 26.2 Å². The molecule has 2 aromatic rings. The molecule has 2 aliphatic rings. The zero-order valence-corrected chi connectivity index (χ0v) is 17.9. The maximum absolute atomic E-state index is 12.5. The molecule has 2 fully saturated rings. The molecule has 0 aromatic heterocycles. The number of Topliss-reactive ketones (excluding diaryl/α,β-unsaturated/α-hetero) is 1. The van der Waals surface area contributed by atoms with Crippen molar-refractivity contribution in [1.29, 1.82) is 0 Å². The van der Waals surface area contributed by atoms with E-state index < -0.39 is 0 Å². The Morgan fingerprint density at radius 3 is 2.16 bits per heavy atom. The summed E-state index contributed by atoms with van der Waals surface area (Å²) >= 11 is 0. The van der Waals surface area contributed by atoms with Gasteiger partial charge in [-0.3, -0.25) is 14.4 Å². The van der Waals surface area contributed by atoms with Gasteiger partial charge in [0.1, 0.15) is 0 Å². The van der Waals surface area contributed by atoms with E-state index in [9.17, 15) is 14.4 Å². The minimum absolute atomic E-state index is 0.000685. The van der Waals surface area contributed by atoms with Gasteiger partial charge < -0.3 is 20.0 Å². The number of nitrogens with zero attached hydrogens (tertiary/aromatic N) is 2. The normalized spacial score (nSPS) is 17.1. The molecule has 0 unspecified atom stereocenters. The smallest absolute Gasteiger partial charge is 0.279 e. The Kier molecular flexibility index (Phi) is 6.32. The molecular weight excluding hydrogens is 392 g/mol. The van der Waals surface area contributed by atoms with Crippen molar-refractivity contribution in [3.05, 3.63) is 54.1 Å². The van der Waals surface area contributed by atoms with Gasteiger partial charge in [-0.2, -0.15) is 0 Å². The highest BCUT2D eigenvalue weighted by Gasteiger charge is 2.23. The number of amides is 2. The van der Waals surface area contributed by atoms with Crippen molar-refractivity contribution >= 4 is 34.7 Å². The third-order valence-corrected chi connectivity index (χ3v) is 6.06. The molecule has 0 bridgehead atoms. The lowest BCUT2D eigenvalue weighted by Gasteiger charge is -2.33. The predicted octanol–water partition coefficient (Wildman–Crippen LogP) is 1.36. The van der Waals surface area contributed by atoms with Crippen LogP contribution < -0.4 is 20.0 Å². The Bertz CT molecular complexity index is 948. The van der Waals surface area contributed by atoms with Crippen LogP contribution in [0.15, 0.2) is 48.5 Å². The minimum Gasteiger partial charge on any atom is -0.360 e. The van der Waals surface area contributed by atoms with Gasteiger partial charge in [-0.05, 0) is 61.9 Å². The molecule has 2 saturated heterocycles. The van der Waals surface area contributed by atoms with Crippen LogP contribution in [0.25, 0.3) is 0 Å². The number of anilines is 3. The average molecular weight is 422 g/mol. The highest BCUT2D eigenvalue weighted by Crippen LogP contribution is 2.23. The van der Waals surface area contributed by atoms with Crippen molar-refractivity contribution in [3.63, 3.8) is 0 Å². The summed E-state index contributed by atoms with van der Waals surface area (Å²) in [6.07, 6.45) is 1.51. The van der Waals surface area contributed by atoms with Crippen LogP contribution in [-0.4, -0.2) is 56.9 Å². The lowest BCUT2D eigenvalue weighted by molar-refractivity contribution is -0.892. The molecule has 0 atom stereocenters. The Morgan fingerprint density at radius 1 is 0.935 bits per heavy atom. The molecule has 7 nitrogen and oxygen atoms in total. The second kappa shape index (κ2) is 9.31. The topological polar surface area (TPSA) is 74.2 Å². The summed E-state index contributed by atoms with van der Waals surface area (Å²) < 4.78 is 0. The molecule has 31 heavy (non-hydrogen) atoms. The molecule has 2 aliphatic heterocycles. The van der Waals surface area contributed by atoms with Crippen molar-refractivity contribution in [3.8, 4) is 0 Å². The summed E-state index contributed by atoms with van der Waals surface area (Å²) in [5.74, 6) is 0.236. The maximum Gasteiger partial charge on any atom is 0.279 e. The predicted molar refractivity (Wildman–Crippen MR) is 121 cm³/mol. The van der Waals surface area contributed by atoms with Gasteiger partial charge in [0.2, 0.25) is 5.91 Å². The molecule has 7 heteroatoms. The summed E-state index contributed by atoms with van der Waals surface area (Å²) in [6, 6.07) is 15.2. The molecule has 2 N–H and O–H groups in total. The Balaban J connectivity index is 1.24. The van der Waals surface area contributed by atoms with Gasteiger partial charge in [0.25, 0.3) is 5.91 Å². The van der Waals surface area contributed by atoms with Gasteiger partial charge in [-0.1, -0.05) is 0 Å². The first-order valence-electron chi connectivity index (χ1n) is 10.9. The van der Waals surface area contributed by atoms with Crippen molar-refractivity contribution in [2.24, 2.45) is 0 Å². The third-order valence-electron chi connectivity index (χ3n) is 6.06. The van der Waals surface area contributed by atoms with Crippen LogP contribution in [0.5, 0.6) is 0 Å². The quantitative estimate of drug-likeness (QED) is 0.691. The van der Waals surface area contributed by atoms with E-state index in [1.165, 1.54) is 4.90 Å². The highest BCUT2D eigenvalue weighted by molar-refractivity contribution is 5.96. The second-order valence-corrected chi connectivity index (χ2v) is 8.26. The number of piperazine rings is 1. The molecular formula is C24H29N4O3+. The highest BCUT2D eigenvalue weighted by atomic mass is 16.2. The standard InChI is InChI=1S/C24H28N4O3/c1-18(29)19-4-8-21(9-5-19)27-15-13-26(14-16-27)17-23(30)25-20-6-10-22(11-7-20)28-12-2-3-24(28)31/h4-11H,2-3,12-17H2,1H3,(H,25,30)/p+1. The second-order valence-electron chi connectivity index (χ2n) is 8.26. The van der Waals surface area contributed by atoms with Gasteiger partial charge in [-0.15, -0.1) is 0 Å². The van der Waals surface area contributed by atoms with Crippen molar-refractivity contribution in [2.75, 3.05) is 54.4 Å². The minimum atomic E-state index is -0.000685. The van der Waals surface area contributed by atoms with E-state index in [0.29, 0.717) is 13.0 Å².